The summed E-state index contributed by atoms with van der Waals surface area (Å²) in [6, 6.07) is 11.0. The summed E-state index contributed by atoms with van der Waals surface area (Å²) in [7, 11) is 1.55. The van der Waals surface area contributed by atoms with Gasteiger partial charge in [0, 0.05) is 11.6 Å². The Kier molecular flexibility index (Phi) is 5.68. The van der Waals surface area contributed by atoms with Gasteiger partial charge in [-0.2, -0.15) is 13.2 Å². The van der Waals surface area contributed by atoms with Crippen LogP contribution in [-0.4, -0.2) is 26.2 Å². The summed E-state index contributed by atoms with van der Waals surface area (Å²) in [6.45, 7) is 0.441. The van der Waals surface area contributed by atoms with Crippen LogP contribution in [0.5, 0.6) is 11.5 Å². The smallest absolute Gasteiger partial charge is 0.416 e. The fraction of sp³-hybridized carbons (Fsp3) is 0.235. The van der Waals surface area contributed by atoms with E-state index in [9.17, 15) is 18.0 Å². The fourth-order valence-corrected chi connectivity index (χ4v) is 1.94. The Bertz CT molecular complexity index is 684. The van der Waals surface area contributed by atoms with Gasteiger partial charge in [0.2, 0.25) is 0 Å². The van der Waals surface area contributed by atoms with Crippen LogP contribution in [-0.2, 0) is 6.18 Å². The monoisotopic (exact) mass is 339 g/mol. The molecule has 0 saturated heterocycles. The minimum Gasteiger partial charge on any atom is -0.497 e. The van der Waals surface area contributed by atoms with Crippen molar-refractivity contribution in [3.63, 3.8) is 0 Å². The lowest BCUT2D eigenvalue weighted by Gasteiger charge is -2.10. The zero-order valence-corrected chi connectivity index (χ0v) is 12.9. The van der Waals surface area contributed by atoms with Crippen LogP contribution in [0.1, 0.15) is 15.9 Å². The Morgan fingerprint density at radius 1 is 1.08 bits per heavy atom. The first-order valence-corrected chi connectivity index (χ1v) is 7.12. The van der Waals surface area contributed by atoms with Crippen molar-refractivity contribution >= 4 is 5.91 Å². The van der Waals surface area contributed by atoms with E-state index in [0.29, 0.717) is 11.5 Å². The van der Waals surface area contributed by atoms with Crippen LogP contribution < -0.4 is 14.8 Å². The molecular formula is C17H16F3NO3. The lowest BCUT2D eigenvalue weighted by atomic mass is 10.1. The molecule has 128 valence electrons. The molecule has 2 aromatic rings. The number of alkyl halides is 3. The minimum atomic E-state index is -4.42. The van der Waals surface area contributed by atoms with E-state index in [0.717, 1.165) is 24.3 Å². The highest BCUT2D eigenvalue weighted by Gasteiger charge is 2.30. The molecule has 0 aromatic heterocycles. The highest BCUT2D eigenvalue weighted by molar-refractivity contribution is 5.94. The number of carbonyl (C=O) groups is 1. The zero-order valence-electron chi connectivity index (χ0n) is 12.9. The van der Waals surface area contributed by atoms with Gasteiger partial charge in [-0.25, -0.2) is 0 Å². The Balaban J connectivity index is 1.80. The van der Waals surface area contributed by atoms with Gasteiger partial charge < -0.3 is 14.8 Å². The van der Waals surface area contributed by atoms with Crippen LogP contribution in [0.2, 0.25) is 0 Å². The van der Waals surface area contributed by atoms with E-state index in [1.807, 2.05) is 0 Å². The van der Waals surface area contributed by atoms with Gasteiger partial charge in [0.05, 0.1) is 19.2 Å². The van der Waals surface area contributed by atoms with Crippen molar-refractivity contribution in [2.75, 3.05) is 20.3 Å². The Morgan fingerprint density at radius 2 is 1.75 bits per heavy atom. The number of hydrogen-bond acceptors (Lipinski definition) is 3. The average Bonchev–Trinajstić information content (AvgIpc) is 2.58. The molecule has 1 N–H and O–H groups in total. The van der Waals surface area contributed by atoms with Crippen molar-refractivity contribution < 1.29 is 27.4 Å². The molecule has 4 nitrogen and oxygen atoms in total. The maximum absolute atomic E-state index is 12.5. The number of rotatable bonds is 6. The van der Waals surface area contributed by atoms with Gasteiger partial charge in [-0.15, -0.1) is 0 Å². The Morgan fingerprint density at radius 3 is 2.38 bits per heavy atom. The molecule has 0 aliphatic carbocycles. The molecule has 0 spiro atoms. The normalized spacial score (nSPS) is 11.0. The number of benzene rings is 2. The van der Waals surface area contributed by atoms with Crippen molar-refractivity contribution in [1.82, 2.24) is 5.32 Å². The summed E-state index contributed by atoms with van der Waals surface area (Å²) in [6.07, 6.45) is -4.42. The molecule has 0 atom stereocenters. The van der Waals surface area contributed by atoms with E-state index in [4.69, 9.17) is 9.47 Å². The third kappa shape index (κ3) is 4.91. The molecule has 7 heteroatoms. The summed E-state index contributed by atoms with van der Waals surface area (Å²) in [4.78, 5) is 11.8. The minimum absolute atomic E-state index is 0.157. The standard InChI is InChI=1S/C17H16F3NO3/c1-23-14-3-2-4-15(11-14)24-10-9-21-16(22)12-5-7-13(8-6-12)17(18,19)20/h2-8,11H,9-10H2,1H3,(H,21,22). The number of methoxy groups -OCH3 is 1. The van der Waals surface area contributed by atoms with Crippen LogP contribution in [0.15, 0.2) is 48.5 Å². The van der Waals surface area contributed by atoms with Crippen LogP contribution in [0.3, 0.4) is 0 Å². The van der Waals surface area contributed by atoms with E-state index in [-0.39, 0.29) is 18.7 Å². The van der Waals surface area contributed by atoms with Gasteiger partial charge in [0.25, 0.3) is 5.91 Å². The highest BCUT2D eigenvalue weighted by atomic mass is 19.4. The van der Waals surface area contributed by atoms with Crippen LogP contribution in [0, 0.1) is 0 Å². The number of nitrogens with one attached hydrogen (secondary N) is 1. The first kappa shape index (κ1) is 17.7. The molecule has 2 rings (SSSR count). The molecule has 2 aromatic carbocycles. The van der Waals surface area contributed by atoms with Gasteiger partial charge in [-0.1, -0.05) is 6.07 Å². The summed E-state index contributed by atoms with van der Waals surface area (Å²) in [5.74, 6) is 0.789. The number of ether oxygens (including phenoxy) is 2. The highest BCUT2D eigenvalue weighted by Crippen LogP contribution is 2.29. The van der Waals surface area contributed by atoms with Crippen LogP contribution >= 0.6 is 0 Å². The number of hydrogen-bond donors (Lipinski definition) is 1. The second kappa shape index (κ2) is 7.72. The summed E-state index contributed by atoms with van der Waals surface area (Å²) in [5, 5.41) is 2.58. The molecule has 0 aliphatic rings. The summed E-state index contributed by atoms with van der Waals surface area (Å²) >= 11 is 0. The second-order valence-corrected chi connectivity index (χ2v) is 4.86. The predicted octanol–water partition coefficient (Wildman–Crippen LogP) is 3.52. The molecule has 0 fully saturated rings. The van der Waals surface area contributed by atoms with Crippen molar-refractivity contribution in [3.8, 4) is 11.5 Å². The largest absolute Gasteiger partial charge is 0.497 e. The van der Waals surface area contributed by atoms with Crippen molar-refractivity contribution in [2.45, 2.75) is 6.18 Å². The van der Waals surface area contributed by atoms with E-state index < -0.39 is 17.6 Å². The van der Waals surface area contributed by atoms with E-state index in [2.05, 4.69) is 5.32 Å². The molecule has 24 heavy (non-hydrogen) atoms. The topological polar surface area (TPSA) is 47.6 Å². The van der Waals surface area contributed by atoms with Gasteiger partial charge >= 0.3 is 6.18 Å². The van der Waals surface area contributed by atoms with E-state index >= 15 is 0 Å². The molecule has 0 saturated carbocycles. The fourth-order valence-electron chi connectivity index (χ4n) is 1.94. The summed E-state index contributed by atoms with van der Waals surface area (Å²) in [5.41, 5.74) is -0.634. The first-order chi connectivity index (χ1) is 11.4. The van der Waals surface area contributed by atoms with Crippen LogP contribution in [0.4, 0.5) is 13.2 Å². The van der Waals surface area contributed by atoms with E-state index in [1.54, 1.807) is 31.4 Å². The third-order valence-electron chi connectivity index (χ3n) is 3.17. The number of halogens is 3. The lowest BCUT2D eigenvalue weighted by Crippen LogP contribution is -2.28. The molecule has 1 amide bonds. The van der Waals surface area contributed by atoms with Gasteiger partial charge in [0.15, 0.2) is 0 Å². The van der Waals surface area contributed by atoms with E-state index in [1.165, 1.54) is 0 Å². The van der Waals surface area contributed by atoms with Crippen molar-refractivity contribution in [1.29, 1.82) is 0 Å². The maximum atomic E-state index is 12.5. The third-order valence-corrected chi connectivity index (χ3v) is 3.17. The second-order valence-electron chi connectivity index (χ2n) is 4.86. The van der Waals surface area contributed by atoms with Crippen LogP contribution in [0.25, 0.3) is 0 Å². The first-order valence-electron chi connectivity index (χ1n) is 7.12. The Hall–Kier alpha value is -2.70. The molecule has 0 bridgehead atoms. The molecule has 0 aliphatic heterocycles. The van der Waals surface area contributed by atoms with Crippen molar-refractivity contribution in [3.05, 3.63) is 59.7 Å². The Labute approximate surface area is 137 Å². The zero-order chi connectivity index (χ0) is 17.6. The molecule has 0 unspecified atom stereocenters. The van der Waals surface area contributed by atoms with Gasteiger partial charge in [-0.3, -0.25) is 4.79 Å². The maximum Gasteiger partial charge on any atom is 0.416 e. The van der Waals surface area contributed by atoms with Gasteiger partial charge in [0.1, 0.15) is 18.1 Å². The number of amides is 1. The summed E-state index contributed by atoms with van der Waals surface area (Å²) < 4.78 is 47.9. The predicted molar refractivity (Wildman–Crippen MR) is 82.3 cm³/mol. The SMILES string of the molecule is COc1cccc(OCCNC(=O)c2ccc(C(F)(F)F)cc2)c1. The molecular weight excluding hydrogens is 323 g/mol. The molecule has 0 radical (unpaired) electrons. The number of carbonyl (C=O) groups excluding carboxylic acids is 1. The quantitative estimate of drug-likeness (QED) is 0.819. The lowest BCUT2D eigenvalue weighted by molar-refractivity contribution is -0.137. The van der Waals surface area contributed by atoms with Gasteiger partial charge in [-0.05, 0) is 36.4 Å². The molecule has 0 heterocycles. The average molecular weight is 339 g/mol. The van der Waals surface area contributed by atoms with Crippen molar-refractivity contribution in [2.24, 2.45) is 0 Å².